The number of hydrogen-bond acceptors (Lipinski definition) is 4. The summed E-state index contributed by atoms with van der Waals surface area (Å²) in [7, 11) is 0. The Morgan fingerprint density at radius 3 is 1.93 bits per heavy atom. The average molecular weight is 194 g/mol. The number of rotatable bonds is 3. The fourth-order valence-electron chi connectivity index (χ4n) is 1.48. The summed E-state index contributed by atoms with van der Waals surface area (Å²) in [6.45, 7) is 5.97. The molecule has 0 atom stereocenters. The Kier molecular flexibility index (Phi) is 3.06. The van der Waals surface area contributed by atoms with Crippen molar-refractivity contribution in [3.63, 3.8) is 0 Å². The first-order chi connectivity index (χ1) is 6.60. The van der Waals surface area contributed by atoms with Gasteiger partial charge in [-0.25, -0.2) is 0 Å². The maximum atomic E-state index is 5.87. The lowest BCUT2D eigenvalue weighted by Crippen LogP contribution is -2.23. The maximum Gasteiger partial charge on any atom is 0.0621 e. The number of nitrogens with zero attached hydrogens (tertiary/aromatic N) is 1. The molecule has 1 aromatic rings. The highest BCUT2D eigenvalue weighted by atomic mass is 15.1. The number of hydrogen-bond donors (Lipinski definition) is 3. The van der Waals surface area contributed by atoms with Crippen LogP contribution in [-0.2, 0) is 0 Å². The van der Waals surface area contributed by atoms with Crippen LogP contribution in [0.4, 0.5) is 22.7 Å². The summed E-state index contributed by atoms with van der Waals surface area (Å²) in [4.78, 5) is 2.14. The van der Waals surface area contributed by atoms with Gasteiger partial charge in [-0.2, -0.15) is 0 Å². The van der Waals surface area contributed by atoms with Crippen molar-refractivity contribution in [1.82, 2.24) is 0 Å². The summed E-state index contributed by atoms with van der Waals surface area (Å²) in [6.07, 6.45) is 0. The SMILES string of the molecule is CCN(CC)c1cc(N)c(N)cc1N. The second-order valence-electron chi connectivity index (χ2n) is 3.21. The lowest BCUT2D eigenvalue weighted by molar-refractivity contribution is 0.868. The van der Waals surface area contributed by atoms with Crippen LogP contribution >= 0.6 is 0 Å². The van der Waals surface area contributed by atoms with Crippen molar-refractivity contribution in [3.8, 4) is 0 Å². The van der Waals surface area contributed by atoms with Crippen molar-refractivity contribution in [2.24, 2.45) is 0 Å². The quantitative estimate of drug-likeness (QED) is 0.633. The predicted octanol–water partition coefficient (Wildman–Crippen LogP) is 1.28. The highest BCUT2D eigenvalue weighted by Crippen LogP contribution is 2.29. The smallest absolute Gasteiger partial charge is 0.0621 e. The zero-order valence-electron chi connectivity index (χ0n) is 8.75. The molecule has 0 unspecified atom stereocenters. The van der Waals surface area contributed by atoms with Crippen molar-refractivity contribution in [2.75, 3.05) is 35.2 Å². The van der Waals surface area contributed by atoms with Crippen molar-refractivity contribution < 1.29 is 0 Å². The summed E-state index contributed by atoms with van der Waals surface area (Å²) in [5.74, 6) is 0. The molecule has 6 N–H and O–H groups in total. The van der Waals surface area contributed by atoms with Crippen LogP contribution < -0.4 is 22.1 Å². The Morgan fingerprint density at radius 2 is 1.43 bits per heavy atom. The van der Waals surface area contributed by atoms with Crippen LogP contribution in [0.1, 0.15) is 13.8 Å². The molecule has 4 heteroatoms. The van der Waals surface area contributed by atoms with Crippen LogP contribution in [-0.4, -0.2) is 13.1 Å². The molecule has 14 heavy (non-hydrogen) atoms. The van der Waals surface area contributed by atoms with Crippen LogP contribution in [0.5, 0.6) is 0 Å². The molecule has 0 saturated heterocycles. The molecule has 0 saturated carbocycles. The van der Waals surface area contributed by atoms with E-state index >= 15 is 0 Å². The first kappa shape index (κ1) is 10.5. The zero-order chi connectivity index (χ0) is 10.7. The van der Waals surface area contributed by atoms with E-state index in [1.54, 1.807) is 6.07 Å². The maximum absolute atomic E-state index is 5.87. The van der Waals surface area contributed by atoms with E-state index in [1.165, 1.54) is 0 Å². The normalized spacial score (nSPS) is 10.1. The molecule has 0 fully saturated rings. The average Bonchev–Trinajstić information content (AvgIpc) is 2.15. The number of nitrogens with two attached hydrogens (primary N) is 3. The van der Waals surface area contributed by atoms with Crippen LogP contribution in [0, 0.1) is 0 Å². The fraction of sp³-hybridized carbons (Fsp3) is 0.400. The summed E-state index contributed by atoms with van der Waals surface area (Å²) in [6, 6.07) is 3.54. The van der Waals surface area contributed by atoms with E-state index in [0.29, 0.717) is 17.1 Å². The molecule has 0 aliphatic carbocycles. The van der Waals surface area contributed by atoms with E-state index in [2.05, 4.69) is 18.7 Å². The van der Waals surface area contributed by atoms with Gasteiger partial charge in [-0.1, -0.05) is 0 Å². The van der Waals surface area contributed by atoms with Crippen LogP contribution in [0.25, 0.3) is 0 Å². The van der Waals surface area contributed by atoms with Gasteiger partial charge in [0.15, 0.2) is 0 Å². The molecule has 1 aromatic carbocycles. The first-order valence-corrected chi connectivity index (χ1v) is 4.79. The minimum atomic E-state index is 0.540. The monoisotopic (exact) mass is 194 g/mol. The van der Waals surface area contributed by atoms with Gasteiger partial charge in [-0.3, -0.25) is 0 Å². The Balaban J connectivity index is 3.14. The largest absolute Gasteiger partial charge is 0.397 e. The molecule has 4 nitrogen and oxygen atoms in total. The highest BCUT2D eigenvalue weighted by molar-refractivity contribution is 5.80. The van der Waals surface area contributed by atoms with Gasteiger partial charge in [0.2, 0.25) is 0 Å². The molecular weight excluding hydrogens is 176 g/mol. The molecule has 0 bridgehead atoms. The van der Waals surface area contributed by atoms with Crippen molar-refractivity contribution in [2.45, 2.75) is 13.8 Å². The second kappa shape index (κ2) is 4.09. The molecule has 0 aromatic heterocycles. The number of nitrogen functional groups attached to an aromatic ring is 3. The molecule has 0 spiro atoms. The van der Waals surface area contributed by atoms with Gasteiger partial charge in [0.25, 0.3) is 0 Å². The third kappa shape index (κ3) is 1.84. The Labute approximate surface area is 84.7 Å². The molecule has 1 rings (SSSR count). The molecule has 0 aliphatic rings. The summed E-state index contributed by atoms with van der Waals surface area (Å²) < 4.78 is 0. The number of anilines is 4. The summed E-state index contributed by atoms with van der Waals surface area (Å²) in [5, 5.41) is 0. The highest BCUT2D eigenvalue weighted by Gasteiger charge is 2.08. The van der Waals surface area contributed by atoms with Crippen LogP contribution in [0.3, 0.4) is 0 Å². The van der Waals surface area contributed by atoms with Gasteiger partial charge in [0.05, 0.1) is 22.7 Å². The Morgan fingerprint density at radius 1 is 0.929 bits per heavy atom. The predicted molar refractivity (Wildman–Crippen MR) is 63.2 cm³/mol. The van der Waals surface area contributed by atoms with Gasteiger partial charge in [0.1, 0.15) is 0 Å². The summed E-state index contributed by atoms with van der Waals surface area (Å²) >= 11 is 0. The Hall–Kier alpha value is -1.58. The van der Waals surface area contributed by atoms with Crippen molar-refractivity contribution in [1.29, 1.82) is 0 Å². The van der Waals surface area contributed by atoms with E-state index < -0.39 is 0 Å². The van der Waals surface area contributed by atoms with Gasteiger partial charge < -0.3 is 22.1 Å². The minimum absolute atomic E-state index is 0.540. The van der Waals surface area contributed by atoms with Crippen molar-refractivity contribution in [3.05, 3.63) is 12.1 Å². The van der Waals surface area contributed by atoms with Crippen LogP contribution in [0.2, 0.25) is 0 Å². The van der Waals surface area contributed by atoms with Gasteiger partial charge in [-0.15, -0.1) is 0 Å². The third-order valence-electron chi connectivity index (χ3n) is 2.34. The summed E-state index contributed by atoms with van der Waals surface area (Å²) in [5.41, 5.74) is 20.0. The van der Waals surface area contributed by atoms with Crippen LogP contribution in [0.15, 0.2) is 12.1 Å². The third-order valence-corrected chi connectivity index (χ3v) is 2.34. The molecule has 0 radical (unpaired) electrons. The second-order valence-corrected chi connectivity index (χ2v) is 3.21. The number of benzene rings is 1. The standard InChI is InChI=1S/C10H18N4/c1-3-14(4-2)10-6-8(12)7(11)5-9(10)13/h5-6H,3-4,11-13H2,1-2H3. The van der Waals surface area contributed by atoms with Gasteiger partial charge >= 0.3 is 0 Å². The lowest BCUT2D eigenvalue weighted by Gasteiger charge is -2.23. The fourth-order valence-corrected chi connectivity index (χ4v) is 1.48. The van der Waals surface area contributed by atoms with E-state index in [4.69, 9.17) is 17.2 Å². The van der Waals surface area contributed by atoms with Gasteiger partial charge in [-0.05, 0) is 26.0 Å². The molecule has 0 heterocycles. The van der Waals surface area contributed by atoms with E-state index in [9.17, 15) is 0 Å². The topological polar surface area (TPSA) is 81.3 Å². The van der Waals surface area contributed by atoms with Gasteiger partial charge in [0, 0.05) is 13.1 Å². The molecule has 0 amide bonds. The Bertz CT molecular complexity index is 318. The molecular formula is C10H18N4. The molecule has 0 aliphatic heterocycles. The van der Waals surface area contributed by atoms with E-state index in [-0.39, 0.29) is 0 Å². The molecule has 78 valence electrons. The van der Waals surface area contributed by atoms with Crippen molar-refractivity contribution >= 4 is 22.7 Å². The van der Waals surface area contributed by atoms with E-state index in [0.717, 1.165) is 18.8 Å². The minimum Gasteiger partial charge on any atom is -0.397 e. The lowest BCUT2D eigenvalue weighted by atomic mass is 10.2. The van der Waals surface area contributed by atoms with E-state index in [1.807, 2.05) is 6.07 Å². The zero-order valence-corrected chi connectivity index (χ0v) is 8.75. The first-order valence-electron chi connectivity index (χ1n) is 4.79.